The first kappa shape index (κ1) is 23.3. The van der Waals surface area contributed by atoms with Crippen molar-refractivity contribution in [2.75, 3.05) is 0 Å². The number of para-hydroxylation sites is 1. The Hall–Kier alpha value is -5.39. The fourth-order valence-corrected chi connectivity index (χ4v) is 7.40. The van der Waals surface area contributed by atoms with E-state index < -0.39 is 0 Å². The Morgan fingerprint density at radius 2 is 1.00 bits per heavy atom. The van der Waals surface area contributed by atoms with Gasteiger partial charge in [-0.2, -0.15) is 9.97 Å². The first-order valence-electron chi connectivity index (χ1n) is 14.0. The maximum Gasteiger partial charge on any atom is 0.238 e. The van der Waals surface area contributed by atoms with Crippen molar-refractivity contribution < 1.29 is 0 Å². The highest BCUT2D eigenvalue weighted by atomic mass is 32.1. The van der Waals surface area contributed by atoms with Crippen LogP contribution in [-0.2, 0) is 0 Å². The van der Waals surface area contributed by atoms with Gasteiger partial charge < -0.3 is 0 Å². The van der Waals surface area contributed by atoms with E-state index in [0.29, 0.717) is 17.6 Å². The molecule has 0 atom stereocenters. The summed E-state index contributed by atoms with van der Waals surface area (Å²) in [5.74, 6) is 1.91. The first-order chi connectivity index (χ1) is 20.8. The second kappa shape index (κ2) is 9.06. The molecular formula is C37H22N4S. The van der Waals surface area contributed by atoms with Crippen molar-refractivity contribution >= 4 is 64.1 Å². The summed E-state index contributed by atoms with van der Waals surface area (Å²) < 4.78 is 4.83. The number of benzene rings is 6. The minimum Gasteiger partial charge on any atom is -0.278 e. The summed E-state index contributed by atoms with van der Waals surface area (Å²) in [5, 5.41) is 7.53. The van der Waals surface area contributed by atoms with E-state index in [1.165, 1.54) is 41.7 Å². The molecule has 0 radical (unpaired) electrons. The van der Waals surface area contributed by atoms with Crippen LogP contribution in [0.25, 0.3) is 81.5 Å². The summed E-state index contributed by atoms with van der Waals surface area (Å²) in [6.45, 7) is 0. The monoisotopic (exact) mass is 554 g/mol. The van der Waals surface area contributed by atoms with E-state index in [1.807, 2.05) is 72.0 Å². The lowest BCUT2D eigenvalue weighted by molar-refractivity contribution is 0.953. The Morgan fingerprint density at radius 1 is 0.429 bits per heavy atom. The maximum absolute atomic E-state index is 5.07. The van der Waals surface area contributed by atoms with Crippen LogP contribution in [0.3, 0.4) is 0 Å². The predicted molar refractivity (Wildman–Crippen MR) is 175 cm³/mol. The SMILES string of the molecule is c1ccc(-c2nc(-c3ccccc3)nc(-n3c4ccccc4c4c5ccc6c7ccccc7sc6c5ccc43)n2)cc1. The average Bonchev–Trinajstić information content (AvgIpc) is 3.61. The molecule has 4 nitrogen and oxygen atoms in total. The zero-order valence-electron chi connectivity index (χ0n) is 22.4. The molecule has 0 aliphatic rings. The number of aromatic nitrogens is 4. The van der Waals surface area contributed by atoms with Crippen LogP contribution < -0.4 is 0 Å². The van der Waals surface area contributed by atoms with Gasteiger partial charge in [-0.3, -0.25) is 4.57 Å². The number of rotatable bonds is 3. The standard InChI is InChI=1S/C37H22N4S/c1-3-11-23(12-4-1)35-38-36(24-13-5-2-6-14-24)40-37(39-35)41-30-17-9-7-16-29(30)33-26-19-20-27-25-15-8-10-18-32(25)42-34(27)28(26)21-22-31(33)41/h1-22H. The van der Waals surface area contributed by atoms with Crippen LogP contribution in [0.4, 0.5) is 0 Å². The minimum atomic E-state index is 0.608. The highest BCUT2D eigenvalue weighted by Crippen LogP contribution is 2.43. The highest BCUT2D eigenvalue weighted by Gasteiger charge is 2.20. The summed E-state index contributed by atoms with van der Waals surface area (Å²) >= 11 is 1.87. The highest BCUT2D eigenvalue weighted by molar-refractivity contribution is 7.26. The van der Waals surface area contributed by atoms with E-state index in [0.717, 1.165) is 22.2 Å². The number of hydrogen-bond acceptors (Lipinski definition) is 4. The zero-order chi connectivity index (χ0) is 27.6. The smallest absolute Gasteiger partial charge is 0.238 e. The molecule has 0 aliphatic heterocycles. The number of nitrogens with zero attached hydrogens (tertiary/aromatic N) is 4. The van der Waals surface area contributed by atoms with E-state index in [-0.39, 0.29) is 0 Å². The summed E-state index contributed by atoms with van der Waals surface area (Å²) in [7, 11) is 0. The van der Waals surface area contributed by atoms with Crippen molar-refractivity contribution in [3.8, 4) is 28.7 Å². The van der Waals surface area contributed by atoms with Crippen LogP contribution in [0.2, 0.25) is 0 Å². The molecule has 9 aromatic rings. The quantitative estimate of drug-likeness (QED) is 0.218. The zero-order valence-corrected chi connectivity index (χ0v) is 23.2. The summed E-state index contributed by atoms with van der Waals surface area (Å²) in [6, 6.07) is 46.6. The fraction of sp³-hybridized carbons (Fsp3) is 0. The Morgan fingerprint density at radius 3 is 1.74 bits per heavy atom. The van der Waals surface area contributed by atoms with Gasteiger partial charge in [-0.25, -0.2) is 4.98 Å². The van der Waals surface area contributed by atoms with Gasteiger partial charge in [-0.1, -0.05) is 115 Å². The van der Waals surface area contributed by atoms with Crippen molar-refractivity contribution in [1.29, 1.82) is 0 Å². The molecule has 0 aliphatic carbocycles. The first-order valence-corrected chi connectivity index (χ1v) is 14.8. The predicted octanol–water partition coefficient (Wildman–Crippen LogP) is 9.82. The summed E-state index contributed by atoms with van der Waals surface area (Å²) in [6.07, 6.45) is 0. The van der Waals surface area contributed by atoms with Gasteiger partial charge in [0.25, 0.3) is 0 Å². The molecule has 0 unspecified atom stereocenters. The van der Waals surface area contributed by atoms with Gasteiger partial charge in [-0.05, 0) is 23.6 Å². The van der Waals surface area contributed by atoms with E-state index in [1.54, 1.807) is 0 Å². The summed E-state index contributed by atoms with van der Waals surface area (Å²) in [4.78, 5) is 15.1. The number of fused-ring (bicyclic) bond motifs is 9. The third kappa shape index (κ3) is 3.44. The molecule has 3 aromatic heterocycles. The Bertz CT molecular complexity index is 2400. The van der Waals surface area contributed by atoms with Crippen LogP contribution in [0, 0.1) is 0 Å². The second-order valence-corrected chi connectivity index (χ2v) is 11.5. The van der Waals surface area contributed by atoms with Crippen LogP contribution >= 0.6 is 11.3 Å². The van der Waals surface area contributed by atoms with Crippen molar-refractivity contribution in [2.24, 2.45) is 0 Å². The van der Waals surface area contributed by atoms with Gasteiger partial charge in [0.05, 0.1) is 11.0 Å². The van der Waals surface area contributed by atoms with Crippen molar-refractivity contribution in [3.63, 3.8) is 0 Å². The van der Waals surface area contributed by atoms with Gasteiger partial charge in [0.15, 0.2) is 11.6 Å². The molecule has 0 N–H and O–H groups in total. The van der Waals surface area contributed by atoms with Crippen LogP contribution in [0.1, 0.15) is 0 Å². The fourth-order valence-electron chi connectivity index (χ4n) is 6.17. The minimum absolute atomic E-state index is 0.608. The number of thiophene rings is 1. The molecule has 0 bridgehead atoms. The van der Waals surface area contributed by atoms with Crippen molar-refractivity contribution in [2.45, 2.75) is 0 Å². The number of hydrogen-bond donors (Lipinski definition) is 0. The summed E-state index contributed by atoms with van der Waals surface area (Å²) in [5.41, 5.74) is 4.06. The lowest BCUT2D eigenvalue weighted by Crippen LogP contribution is -2.06. The second-order valence-electron chi connectivity index (χ2n) is 10.5. The third-order valence-corrected chi connectivity index (χ3v) is 9.28. The molecule has 0 spiro atoms. The largest absolute Gasteiger partial charge is 0.278 e. The van der Waals surface area contributed by atoms with Gasteiger partial charge >= 0.3 is 0 Å². The molecule has 42 heavy (non-hydrogen) atoms. The molecule has 0 amide bonds. The van der Waals surface area contributed by atoms with Gasteiger partial charge in [0.2, 0.25) is 5.95 Å². The van der Waals surface area contributed by atoms with Gasteiger partial charge in [-0.15, -0.1) is 11.3 Å². The Kier molecular flexibility index (Phi) is 5.03. The molecule has 9 rings (SSSR count). The Labute approximate surface area is 245 Å². The van der Waals surface area contributed by atoms with E-state index >= 15 is 0 Å². The average molecular weight is 555 g/mol. The van der Waals surface area contributed by atoms with Crippen LogP contribution in [0.15, 0.2) is 133 Å². The lowest BCUT2D eigenvalue weighted by Gasteiger charge is -2.11. The van der Waals surface area contributed by atoms with Crippen molar-refractivity contribution in [3.05, 3.63) is 133 Å². The van der Waals surface area contributed by atoms with E-state index in [2.05, 4.69) is 77.4 Å². The molecule has 0 saturated carbocycles. The van der Waals surface area contributed by atoms with Gasteiger partial charge in [0, 0.05) is 47.5 Å². The topological polar surface area (TPSA) is 43.6 Å². The third-order valence-electron chi connectivity index (χ3n) is 8.06. The normalized spacial score (nSPS) is 11.8. The molecule has 0 saturated heterocycles. The Balaban J connectivity index is 1.38. The molecule has 0 fully saturated rings. The molecule has 5 heteroatoms. The van der Waals surface area contributed by atoms with Crippen LogP contribution in [-0.4, -0.2) is 19.5 Å². The van der Waals surface area contributed by atoms with Crippen molar-refractivity contribution in [1.82, 2.24) is 19.5 Å². The van der Waals surface area contributed by atoms with E-state index in [4.69, 9.17) is 15.0 Å². The maximum atomic E-state index is 5.07. The van der Waals surface area contributed by atoms with Crippen LogP contribution in [0.5, 0.6) is 0 Å². The van der Waals surface area contributed by atoms with E-state index in [9.17, 15) is 0 Å². The molecule has 3 heterocycles. The lowest BCUT2D eigenvalue weighted by atomic mass is 10.0. The molecule has 6 aromatic carbocycles. The van der Waals surface area contributed by atoms with Gasteiger partial charge in [0.1, 0.15) is 0 Å². The molecular weight excluding hydrogens is 533 g/mol. The molecule has 196 valence electrons.